The average Bonchev–Trinajstić information content (AvgIpc) is 2.89. The number of methoxy groups -OCH3 is 3. The zero-order chi connectivity index (χ0) is 25.6. The number of unbranched alkanes of at least 4 members (excludes halogenated alkanes) is 14. The monoisotopic (exact) mass is 492 g/mol. The van der Waals surface area contributed by atoms with E-state index in [-0.39, 0.29) is 5.92 Å². The molecule has 1 unspecified atom stereocenters. The minimum Gasteiger partial charge on any atom is -0.494 e. The van der Waals surface area contributed by atoms with Crippen molar-refractivity contribution < 1.29 is 18.9 Å². The van der Waals surface area contributed by atoms with E-state index in [0.717, 1.165) is 37.2 Å². The predicted molar refractivity (Wildman–Crippen MR) is 148 cm³/mol. The third-order valence-electron chi connectivity index (χ3n) is 7.18. The minimum absolute atomic E-state index is 0.00435. The second kappa shape index (κ2) is 21.0. The molecule has 0 amide bonds. The molecular formula is C31H56O4. The summed E-state index contributed by atoms with van der Waals surface area (Å²) < 4.78 is 23.3. The molecule has 0 aliphatic heterocycles. The molecule has 35 heavy (non-hydrogen) atoms. The smallest absolute Gasteiger partial charge is 0.289 e. The SMILES string of the molecule is CCCCCCCCCCCCOc1ccc(C(CCCCCCCC)C(OC)(OC)OC)cc1. The van der Waals surface area contributed by atoms with Crippen LogP contribution in [0.1, 0.15) is 134 Å². The average molecular weight is 493 g/mol. The molecule has 0 spiro atoms. The van der Waals surface area contributed by atoms with E-state index in [9.17, 15) is 0 Å². The van der Waals surface area contributed by atoms with Crippen molar-refractivity contribution in [2.24, 2.45) is 0 Å². The molecule has 0 bridgehead atoms. The normalized spacial score (nSPS) is 12.7. The fraction of sp³-hybridized carbons (Fsp3) is 0.806. The Balaban J connectivity index is 2.45. The highest BCUT2D eigenvalue weighted by molar-refractivity contribution is 5.30. The molecule has 1 aromatic rings. The summed E-state index contributed by atoms with van der Waals surface area (Å²) in [4.78, 5) is 0. The summed E-state index contributed by atoms with van der Waals surface area (Å²) in [6.07, 6.45) is 21.9. The van der Waals surface area contributed by atoms with E-state index < -0.39 is 5.97 Å². The summed E-state index contributed by atoms with van der Waals surface area (Å²) in [6.45, 7) is 5.32. The summed E-state index contributed by atoms with van der Waals surface area (Å²) >= 11 is 0. The van der Waals surface area contributed by atoms with E-state index >= 15 is 0 Å². The Morgan fingerprint density at radius 2 is 1.00 bits per heavy atom. The van der Waals surface area contributed by atoms with E-state index in [4.69, 9.17) is 18.9 Å². The summed E-state index contributed by atoms with van der Waals surface area (Å²) in [6, 6.07) is 8.43. The Hall–Kier alpha value is -1.10. The van der Waals surface area contributed by atoms with Crippen LogP contribution in [0.2, 0.25) is 0 Å². The van der Waals surface area contributed by atoms with Gasteiger partial charge in [-0.25, -0.2) is 0 Å². The Labute approximate surface area is 217 Å². The molecule has 0 aliphatic rings. The molecule has 0 radical (unpaired) electrons. The van der Waals surface area contributed by atoms with Crippen molar-refractivity contribution in [2.75, 3.05) is 27.9 Å². The van der Waals surface area contributed by atoms with Crippen molar-refractivity contribution in [3.63, 3.8) is 0 Å². The zero-order valence-electron chi connectivity index (χ0n) is 23.7. The molecule has 204 valence electrons. The third kappa shape index (κ3) is 13.1. The van der Waals surface area contributed by atoms with Gasteiger partial charge in [-0.1, -0.05) is 122 Å². The van der Waals surface area contributed by atoms with Gasteiger partial charge in [-0.2, -0.15) is 0 Å². The zero-order valence-corrected chi connectivity index (χ0v) is 23.7. The van der Waals surface area contributed by atoms with Gasteiger partial charge in [-0.05, 0) is 30.5 Å². The molecule has 0 aromatic heterocycles. The van der Waals surface area contributed by atoms with Gasteiger partial charge < -0.3 is 18.9 Å². The quantitative estimate of drug-likeness (QED) is 0.106. The molecule has 1 rings (SSSR count). The van der Waals surface area contributed by atoms with Crippen molar-refractivity contribution >= 4 is 0 Å². The van der Waals surface area contributed by atoms with Gasteiger partial charge in [0.2, 0.25) is 0 Å². The van der Waals surface area contributed by atoms with E-state index in [2.05, 4.69) is 38.1 Å². The molecule has 1 aromatic carbocycles. The van der Waals surface area contributed by atoms with Gasteiger partial charge in [0.15, 0.2) is 0 Å². The number of rotatable bonds is 24. The van der Waals surface area contributed by atoms with Crippen LogP contribution in [0.5, 0.6) is 5.75 Å². The largest absolute Gasteiger partial charge is 0.494 e. The summed E-state index contributed by atoms with van der Waals surface area (Å²) in [5, 5.41) is 0. The van der Waals surface area contributed by atoms with Crippen LogP contribution in [0, 0.1) is 0 Å². The number of hydrogen-bond donors (Lipinski definition) is 0. The maximum Gasteiger partial charge on any atom is 0.289 e. The Morgan fingerprint density at radius 3 is 1.46 bits per heavy atom. The Kier molecular flexibility index (Phi) is 19.2. The second-order valence-corrected chi connectivity index (χ2v) is 9.92. The standard InChI is InChI=1S/C31H56O4/c1-6-8-10-12-14-15-16-17-19-21-27-35-29-25-23-28(24-26-29)30(31(32-3,33-4)34-5)22-20-18-13-11-9-7-2/h23-26,30H,6-22,27H2,1-5H3. The lowest BCUT2D eigenvalue weighted by Gasteiger charge is -2.36. The van der Waals surface area contributed by atoms with Crippen LogP contribution >= 0.6 is 0 Å². The van der Waals surface area contributed by atoms with E-state index in [0.29, 0.717) is 0 Å². The van der Waals surface area contributed by atoms with Crippen molar-refractivity contribution in [3.8, 4) is 5.75 Å². The third-order valence-corrected chi connectivity index (χ3v) is 7.18. The van der Waals surface area contributed by atoms with Gasteiger partial charge in [-0.3, -0.25) is 0 Å². The number of ether oxygens (including phenoxy) is 4. The lowest BCUT2D eigenvalue weighted by atomic mass is 9.90. The van der Waals surface area contributed by atoms with Crippen LogP contribution in [0.4, 0.5) is 0 Å². The van der Waals surface area contributed by atoms with Crippen molar-refractivity contribution in [1.82, 2.24) is 0 Å². The van der Waals surface area contributed by atoms with Crippen LogP contribution in [0.25, 0.3) is 0 Å². The molecule has 0 saturated carbocycles. The van der Waals surface area contributed by atoms with Gasteiger partial charge in [0.1, 0.15) is 5.75 Å². The minimum atomic E-state index is -1.07. The predicted octanol–water partition coefficient (Wildman–Crippen LogP) is 9.41. The van der Waals surface area contributed by atoms with Crippen LogP contribution in [-0.2, 0) is 14.2 Å². The number of hydrogen-bond acceptors (Lipinski definition) is 4. The van der Waals surface area contributed by atoms with E-state index in [1.807, 2.05) is 0 Å². The summed E-state index contributed by atoms with van der Waals surface area (Å²) in [5.41, 5.74) is 1.16. The van der Waals surface area contributed by atoms with Crippen molar-refractivity contribution in [3.05, 3.63) is 29.8 Å². The van der Waals surface area contributed by atoms with Gasteiger partial charge in [0.05, 0.1) is 12.5 Å². The Bertz CT molecular complexity index is 574. The highest BCUT2D eigenvalue weighted by Crippen LogP contribution is 2.37. The molecule has 4 nitrogen and oxygen atoms in total. The molecule has 0 fully saturated rings. The highest BCUT2D eigenvalue weighted by Gasteiger charge is 2.40. The molecule has 1 atom stereocenters. The van der Waals surface area contributed by atoms with Crippen LogP contribution in [0.15, 0.2) is 24.3 Å². The van der Waals surface area contributed by atoms with Gasteiger partial charge in [0.25, 0.3) is 5.97 Å². The lowest BCUT2D eigenvalue weighted by molar-refractivity contribution is -0.365. The summed E-state index contributed by atoms with van der Waals surface area (Å²) in [7, 11) is 4.97. The first-order chi connectivity index (χ1) is 17.2. The molecule has 0 N–H and O–H groups in total. The molecule has 4 heteroatoms. The summed E-state index contributed by atoms with van der Waals surface area (Å²) in [5.74, 6) is -0.132. The van der Waals surface area contributed by atoms with Crippen LogP contribution in [-0.4, -0.2) is 33.9 Å². The Morgan fingerprint density at radius 1 is 0.571 bits per heavy atom. The lowest BCUT2D eigenvalue weighted by Crippen LogP contribution is -2.42. The van der Waals surface area contributed by atoms with Crippen LogP contribution < -0.4 is 4.74 Å². The molecule has 0 saturated heterocycles. The molecular weight excluding hydrogens is 436 g/mol. The first-order valence-electron chi connectivity index (χ1n) is 14.6. The first kappa shape index (κ1) is 31.9. The van der Waals surface area contributed by atoms with E-state index in [1.54, 1.807) is 21.3 Å². The second-order valence-electron chi connectivity index (χ2n) is 9.92. The maximum absolute atomic E-state index is 6.02. The van der Waals surface area contributed by atoms with Gasteiger partial charge in [-0.15, -0.1) is 0 Å². The number of benzene rings is 1. The topological polar surface area (TPSA) is 36.9 Å². The fourth-order valence-electron chi connectivity index (χ4n) is 4.93. The highest BCUT2D eigenvalue weighted by atomic mass is 16.9. The fourth-order valence-corrected chi connectivity index (χ4v) is 4.93. The first-order valence-corrected chi connectivity index (χ1v) is 14.6. The van der Waals surface area contributed by atoms with Gasteiger partial charge >= 0.3 is 0 Å². The van der Waals surface area contributed by atoms with Crippen LogP contribution in [0.3, 0.4) is 0 Å². The van der Waals surface area contributed by atoms with Crippen molar-refractivity contribution in [2.45, 2.75) is 135 Å². The van der Waals surface area contributed by atoms with Gasteiger partial charge in [0, 0.05) is 21.3 Å². The maximum atomic E-state index is 6.02. The molecule has 0 aliphatic carbocycles. The molecule has 0 heterocycles. The van der Waals surface area contributed by atoms with Crippen molar-refractivity contribution in [1.29, 1.82) is 0 Å². The van der Waals surface area contributed by atoms with E-state index in [1.165, 1.54) is 89.9 Å².